The monoisotopic (exact) mass is 441 g/mol. The number of amidine groups is 1. The van der Waals surface area contributed by atoms with Crippen LogP contribution in [0.5, 0.6) is 0 Å². The van der Waals surface area contributed by atoms with Crippen molar-refractivity contribution in [2.75, 3.05) is 36.4 Å². The van der Waals surface area contributed by atoms with Crippen molar-refractivity contribution in [3.05, 3.63) is 59.8 Å². The van der Waals surface area contributed by atoms with E-state index >= 15 is 0 Å². The third-order valence-electron chi connectivity index (χ3n) is 4.53. The van der Waals surface area contributed by atoms with Crippen LogP contribution in [0.2, 0.25) is 0 Å². The number of rotatable bonds is 7. The Morgan fingerprint density at radius 3 is 2.53 bits per heavy atom. The summed E-state index contributed by atoms with van der Waals surface area (Å²) in [5.41, 5.74) is 3.02. The van der Waals surface area contributed by atoms with Crippen LogP contribution < -0.4 is 15.5 Å². The first-order valence-corrected chi connectivity index (χ1v) is 11.3. The second-order valence-electron chi connectivity index (χ2n) is 7.15. The molecule has 2 aromatic rings. The number of anilines is 2. The third kappa shape index (κ3) is 6.36. The molecule has 1 aliphatic heterocycles. The van der Waals surface area contributed by atoms with Crippen LogP contribution in [0.4, 0.5) is 17.1 Å². The zero-order valence-electron chi connectivity index (χ0n) is 17.4. The highest BCUT2D eigenvalue weighted by atomic mass is 35.5. The molecule has 0 radical (unpaired) electrons. The van der Waals surface area contributed by atoms with Crippen LogP contribution >= 0.6 is 23.4 Å². The minimum atomic E-state index is 0.387. The van der Waals surface area contributed by atoms with Crippen LogP contribution in [0.15, 0.2) is 74.6 Å². The van der Waals surface area contributed by atoms with E-state index in [1.807, 2.05) is 30.3 Å². The fourth-order valence-electron chi connectivity index (χ4n) is 3.08. The summed E-state index contributed by atoms with van der Waals surface area (Å²) in [5, 5.41) is 7.45. The minimum absolute atomic E-state index is 0.387. The second-order valence-corrected chi connectivity index (χ2v) is 9.17. The maximum absolute atomic E-state index is 6.47. The molecule has 1 heterocycles. The van der Waals surface area contributed by atoms with Gasteiger partial charge in [-0.3, -0.25) is 0 Å². The first kappa shape index (κ1) is 22.4. The number of thioether (sulfide) groups is 1. The highest BCUT2D eigenvalue weighted by Crippen LogP contribution is 2.32. The molecule has 1 fully saturated rings. The predicted octanol–water partition coefficient (Wildman–Crippen LogP) is 5.52. The first-order chi connectivity index (χ1) is 14.6. The quantitative estimate of drug-likeness (QED) is 0.337. The Morgan fingerprint density at radius 1 is 1.17 bits per heavy atom. The van der Waals surface area contributed by atoms with E-state index in [0.29, 0.717) is 16.1 Å². The van der Waals surface area contributed by atoms with Gasteiger partial charge in [-0.1, -0.05) is 37.6 Å². The van der Waals surface area contributed by atoms with Gasteiger partial charge in [0.15, 0.2) is 5.84 Å². The Morgan fingerprint density at radius 2 is 1.87 bits per heavy atom. The van der Waals surface area contributed by atoms with Crippen molar-refractivity contribution in [3.8, 4) is 0 Å². The number of hydrogen-bond donors (Lipinski definition) is 2. The lowest BCUT2D eigenvalue weighted by atomic mass is 10.2. The van der Waals surface area contributed by atoms with E-state index < -0.39 is 0 Å². The van der Waals surface area contributed by atoms with Crippen LogP contribution in [0.3, 0.4) is 0 Å². The van der Waals surface area contributed by atoms with Gasteiger partial charge in [-0.2, -0.15) is 0 Å². The fraction of sp³-hybridized carbons (Fsp3) is 0.304. The molecule has 3 rings (SSSR count). The molecule has 0 aliphatic carbocycles. The van der Waals surface area contributed by atoms with Crippen LogP contribution in [0.1, 0.15) is 13.8 Å². The number of nitrogens with zero attached hydrogens (tertiary/aromatic N) is 3. The third-order valence-corrected chi connectivity index (χ3v) is 5.88. The number of benzene rings is 2. The zero-order chi connectivity index (χ0) is 21.3. The molecule has 5 nitrogen and oxygen atoms in total. The fourth-order valence-corrected chi connectivity index (χ4v) is 4.14. The van der Waals surface area contributed by atoms with Crippen molar-refractivity contribution in [1.29, 1.82) is 0 Å². The lowest BCUT2D eigenvalue weighted by molar-refractivity contribution is 0.589. The molecule has 0 saturated carbocycles. The molecule has 0 atom stereocenters. The van der Waals surface area contributed by atoms with Crippen LogP contribution in [0, 0.1) is 0 Å². The summed E-state index contributed by atoms with van der Waals surface area (Å²) < 4.78 is 0. The molecule has 2 N–H and O–H groups in total. The molecule has 2 aromatic carbocycles. The maximum Gasteiger partial charge on any atom is 0.172 e. The Hall–Kier alpha value is -2.28. The van der Waals surface area contributed by atoms with Crippen LogP contribution in [-0.4, -0.2) is 44.0 Å². The summed E-state index contributed by atoms with van der Waals surface area (Å²) in [5.74, 6) is 0.387. The van der Waals surface area contributed by atoms with Crippen molar-refractivity contribution in [2.45, 2.75) is 24.0 Å². The predicted molar refractivity (Wildman–Crippen MR) is 133 cm³/mol. The van der Waals surface area contributed by atoms with Crippen molar-refractivity contribution in [2.24, 2.45) is 9.98 Å². The summed E-state index contributed by atoms with van der Waals surface area (Å²) in [6.07, 6.45) is 1.70. The number of hydrogen-bond acceptors (Lipinski definition) is 5. The summed E-state index contributed by atoms with van der Waals surface area (Å²) >= 11 is 8.23. The number of halogens is 1. The zero-order valence-corrected chi connectivity index (χ0v) is 19.0. The molecule has 7 heteroatoms. The molecular weight excluding hydrogens is 414 g/mol. The lowest BCUT2D eigenvalue weighted by Gasteiger charge is -2.29. The molecule has 0 spiro atoms. The lowest BCUT2D eigenvalue weighted by Crippen LogP contribution is -2.43. The Kier molecular flexibility index (Phi) is 8.37. The summed E-state index contributed by atoms with van der Waals surface area (Å²) in [6.45, 7) is 12.0. The summed E-state index contributed by atoms with van der Waals surface area (Å²) in [4.78, 5) is 12.1. The Labute approximate surface area is 188 Å². The smallest absolute Gasteiger partial charge is 0.172 e. The molecule has 0 unspecified atom stereocenters. The molecule has 158 valence electrons. The van der Waals surface area contributed by atoms with E-state index in [1.54, 1.807) is 18.0 Å². The van der Waals surface area contributed by atoms with Crippen molar-refractivity contribution < 1.29 is 0 Å². The largest absolute Gasteiger partial charge is 0.369 e. The van der Waals surface area contributed by atoms with Gasteiger partial charge >= 0.3 is 0 Å². The maximum atomic E-state index is 6.47. The standard InChI is InChI=1S/C23H28ClN5S/c1-17(2)30-22-7-5-4-6-21(22)28-23(25-3)20(24)16-27-18-8-10-19(11-9-18)29-14-12-26-13-15-29/h4-11,16-17,26-27H,3,12-15H2,1-2H3/b20-16+,28-23?. The Balaban J connectivity index is 1.70. The van der Waals surface area contributed by atoms with E-state index in [0.717, 1.165) is 42.4 Å². The average Bonchev–Trinajstić information content (AvgIpc) is 2.77. The molecule has 0 bridgehead atoms. The van der Waals surface area contributed by atoms with Gasteiger partial charge < -0.3 is 15.5 Å². The topological polar surface area (TPSA) is 52.0 Å². The van der Waals surface area contributed by atoms with E-state index in [9.17, 15) is 0 Å². The molecule has 0 amide bonds. The first-order valence-electron chi connectivity index (χ1n) is 10.1. The van der Waals surface area contributed by atoms with Crippen LogP contribution in [-0.2, 0) is 0 Å². The van der Waals surface area contributed by atoms with Gasteiger partial charge in [-0.15, -0.1) is 11.8 Å². The van der Waals surface area contributed by atoms with E-state index in [2.05, 4.69) is 64.3 Å². The molecule has 0 aromatic heterocycles. The van der Waals surface area contributed by atoms with Crippen molar-refractivity contribution >= 4 is 53.0 Å². The normalized spacial score (nSPS) is 15.4. The SMILES string of the molecule is C=NC(=Nc1ccccc1SC(C)C)/C(Cl)=C\Nc1ccc(N2CCNCC2)cc1. The minimum Gasteiger partial charge on any atom is -0.369 e. The van der Waals surface area contributed by atoms with E-state index in [4.69, 9.17) is 11.6 Å². The van der Waals surface area contributed by atoms with Gasteiger partial charge in [0.05, 0.1) is 5.69 Å². The van der Waals surface area contributed by atoms with Gasteiger partial charge in [0, 0.05) is 53.9 Å². The van der Waals surface area contributed by atoms with Gasteiger partial charge in [0.25, 0.3) is 0 Å². The second kappa shape index (κ2) is 11.2. The summed E-state index contributed by atoms with van der Waals surface area (Å²) in [6, 6.07) is 16.3. The van der Waals surface area contributed by atoms with Gasteiger partial charge in [-0.05, 0) is 43.1 Å². The Bertz CT molecular complexity index is 902. The summed E-state index contributed by atoms with van der Waals surface area (Å²) in [7, 11) is 0. The molecule has 1 aliphatic rings. The van der Waals surface area contributed by atoms with Crippen molar-refractivity contribution in [1.82, 2.24) is 5.32 Å². The van der Waals surface area contributed by atoms with E-state index in [1.165, 1.54) is 5.69 Å². The highest BCUT2D eigenvalue weighted by Gasteiger charge is 2.10. The number of aliphatic imine (C=N–C) groups is 2. The van der Waals surface area contributed by atoms with E-state index in [-0.39, 0.29) is 0 Å². The molecule has 1 saturated heterocycles. The molecule has 30 heavy (non-hydrogen) atoms. The van der Waals surface area contributed by atoms with Gasteiger partial charge in [-0.25, -0.2) is 9.98 Å². The number of para-hydroxylation sites is 1. The van der Waals surface area contributed by atoms with Gasteiger partial charge in [0.2, 0.25) is 0 Å². The average molecular weight is 442 g/mol. The van der Waals surface area contributed by atoms with Gasteiger partial charge in [0.1, 0.15) is 5.03 Å². The van der Waals surface area contributed by atoms with Crippen LogP contribution in [0.25, 0.3) is 0 Å². The van der Waals surface area contributed by atoms with Crippen molar-refractivity contribution in [3.63, 3.8) is 0 Å². The molecular formula is C23H28ClN5S. The highest BCUT2D eigenvalue weighted by molar-refractivity contribution is 8.00. The number of piperazine rings is 1. The number of nitrogens with one attached hydrogen (secondary N) is 2.